The average molecular weight is 242 g/mol. The maximum Gasteiger partial charge on any atom is 0.133 e. The van der Waals surface area contributed by atoms with Gasteiger partial charge in [0.1, 0.15) is 5.75 Å². The molecular formula is C8H8BrN3O. The van der Waals surface area contributed by atoms with E-state index in [0.717, 1.165) is 15.8 Å². The molecule has 0 aliphatic carbocycles. The number of ether oxygens (including phenoxy) is 1. The monoisotopic (exact) mass is 241 g/mol. The summed E-state index contributed by atoms with van der Waals surface area (Å²) >= 11 is 3.36. The molecule has 1 rings (SSSR count). The van der Waals surface area contributed by atoms with Crippen LogP contribution in [0.2, 0.25) is 0 Å². The highest BCUT2D eigenvalue weighted by molar-refractivity contribution is 9.10. The van der Waals surface area contributed by atoms with Crippen molar-refractivity contribution < 1.29 is 4.74 Å². The van der Waals surface area contributed by atoms with E-state index in [9.17, 15) is 0 Å². The molecule has 0 unspecified atom stereocenters. The van der Waals surface area contributed by atoms with Crippen LogP contribution in [0.1, 0.15) is 5.56 Å². The van der Waals surface area contributed by atoms with Crippen LogP contribution in [0, 0.1) is 0 Å². The van der Waals surface area contributed by atoms with Crippen molar-refractivity contribution >= 4 is 15.9 Å². The normalized spacial score (nSPS) is 9.08. The van der Waals surface area contributed by atoms with E-state index in [1.807, 2.05) is 18.2 Å². The van der Waals surface area contributed by atoms with Crippen molar-refractivity contribution in [3.8, 4) is 5.75 Å². The van der Waals surface area contributed by atoms with Gasteiger partial charge in [-0.1, -0.05) is 17.2 Å². The van der Waals surface area contributed by atoms with Gasteiger partial charge < -0.3 is 4.74 Å². The summed E-state index contributed by atoms with van der Waals surface area (Å²) in [6.45, 7) is 0.328. The Morgan fingerprint density at radius 3 is 3.00 bits per heavy atom. The van der Waals surface area contributed by atoms with E-state index in [-0.39, 0.29) is 0 Å². The number of hydrogen-bond donors (Lipinski definition) is 0. The van der Waals surface area contributed by atoms with Gasteiger partial charge in [0.2, 0.25) is 0 Å². The molecule has 0 aromatic heterocycles. The smallest absolute Gasteiger partial charge is 0.133 e. The average Bonchev–Trinajstić information content (AvgIpc) is 2.16. The molecule has 4 nitrogen and oxygen atoms in total. The topological polar surface area (TPSA) is 58.0 Å². The molecule has 0 aliphatic rings. The predicted octanol–water partition coefficient (Wildman–Crippen LogP) is 3.27. The third-order valence-corrected chi connectivity index (χ3v) is 2.47. The van der Waals surface area contributed by atoms with Crippen LogP contribution in [0.5, 0.6) is 5.75 Å². The molecule has 1 aromatic carbocycles. The number of benzene rings is 1. The maximum absolute atomic E-state index is 8.16. The molecule has 0 radical (unpaired) electrons. The molecule has 0 saturated carbocycles. The van der Waals surface area contributed by atoms with E-state index >= 15 is 0 Å². The lowest BCUT2D eigenvalue weighted by Gasteiger charge is -2.05. The Kier molecular flexibility index (Phi) is 3.61. The van der Waals surface area contributed by atoms with Gasteiger partial charge in [0.05, 0.1) is 18.1 Å². The Morgan fingerprint density at radius 2 is 2.38 bits per heavy atom. The first-order chi connectivity index (χ1) is 6.29. The van der Waals surface area contributed by atoms with Crippen LogP contribution in [-0.2, 0) is 6.54 Å². The van der Waals surface area contributed by atoms with Gasteiger partial charge in [0.15, 0.2) is 0 Å². The van der Waals surface area contributed by atoms with Crippen molar-refractivity contribution in [1.29, 1.82) is 0 Å². The summed E-state index contributed by atoms with van der Waals surface area (Å²) in [5.74, 6) is 0.741. The van der Waals surface area contributed by atoms with Crippen molar-refractivity contribution in [1.82, 2.24) is 0 Å². The standard InChI is InChI=1S/C8H8BrN3O/c1-13-7-4-2-3-6(8(7)9)5-11-12-10/h2-4H,5H2,1H3. The fraction of sp³-hybridized carbons (Fsp3) is 0.250. The molecule has 0 N–H and O–H groups in total. The van der Waals surface area contributed by atoms with Crippen molar-refractivity contribution in [2.75, 3.05) is 7.11 Å². The number of methoxy groups -OCH3 is 1. The molecule has 68 valence electrons. The lowest BCUT2D eigenvalue weighted by Crippen LogP contribution is -1.88. The Hall–Kier alpha value is -1.19. The molecule has 5 heteroatoms. The summed E-state index contributed by atoms with van der Waals surface area (Å²) in [5, 5.41) is 3.47. The molecule has 0 saturated heterocycles. The molecule has 13 heavy (non-hydrogen) atoms. The van der Waals surface area contributed by atoms with E-state index in [2.05, 4.69) is 26.0 Å². The molecule has 0 fully saturated rings. The zero-order valence-corrected chi connectivity index (χ0v) is 8.65. The Balaban J connectivity index is 3.00. The van der Waals surface area contributed by atoms with Gasteiger partial charge in [0.25, 0.3) is 0 Å². The van der Waals surface area contributed by atoms with Gasteiger partial charge in [-0.25, -0.2) is 0 Å². The molecule has 0 heterocycles. The van der Waals surface area contributed by atoms with Crippen LogP contribution in [0.4, 0.5) is 0 Å². The number of rotatable bonds is 3. The fourth-order valence-electron chi connectivity index (χ4n) is 0.944. The van der Waals surface area contributed by atoms with Gasteiger partial charge >= 0.3 is 0 Å². The number of halogens is 1. The Morgan fingerprint density at radius 1 is 1.62 bits per heavy atom. The minimum Gasteiger partial charge on any atom is -0.496 e. The van der Waals surface area contributed by atoms with Crippen LogP contribution in [-0.4, -0.2) is 7.11 Å². The molecule has 0 spiro atoms. The van der Waals surface area contributed by atoms with Crippen LogP contribution in [0.15, 0.2) is 27.8 Å². The number of hydrogen-bond acceptors (Lipinski definition) is 2. The Labute approximate surface area is 84.3 Å². The van der Waals surface area contributed by atoms with Gasteiger partial charge in [-0.15, -0.1) is 0 Å². The highest BCUT2D eigenvalue weighted by atomic mass is 79.9. The summed E-state index contributed by atoms with van der Waals surface area (Å²) in [5.41, 5.74) is 9.07. The Bertz CT molecular complexity index is 347. The third kappa shape index (κ3) is 2.37. The molecule has 0 aliphatic heterocycles. The molecule has 0 atom stereocenters. The van der Waals surface area contributed by atoms with Crippen molar-refractivity contribution in [2.45, 2.75) is 6.54 Å². The maximum atomic E-state index is 8.16. The minimum atomic E-state index is 0.328. The van der Waals surface area contributed by atoms with Crippen molar-refractivity contribution in [2.24, 2.45) is 5.11 Å². The summed E-state index contributed by atoms with van der Waals surface area (Å²) in [6, 6.07) is 5.57. The second-order valence-electron chi connectivity index (χ2n) is 2.32. The second-order valence-corrected chi connectivity index (χ2v) is 3.12. The van der Waals surface area contributed by atoms with Gasteiger partial charge in [-0.2, -0.15) is 0 Å². The number of azide groups is 1. The summed E-state index contributed by atoms with van der Waals surface area (Å²) in [7, 11) is 1.59. The predicted molar refractivity (Wildman–Crippen MR) is 53.5 cm³/mol. The summed E-state index contributed by atoms with van der Waals surface area (Å²) < 4.78 is 5.92. The van der Waals surface area contributed by atoms with Crippen LogP contribution in [0.3, 0.4) is 0 Å². The van der Waals surface area contributed by atoms with Crippen molar-refractivity contribution in [3.63, 3.8) is 0 Å². The molecule has 0 bridgehead atoms. The van der Waals surface area contributed by atoms with Gasteiger partial charge in [-0.3, -0.25) is 0 Å². The second kappa shape index (κ2) is 4.74. The van der Waals surface area contributed by atoms with Crippen LogP contribution >= 0.6 is 15.9 Å². The largest absolute Gasteiger partial charge is 0.496 e. The zero-order valence-electron chi connectivity index (χ0n) is 7.07. The summed E-state index contributed by atoms with van der Waals surface area (Å²) in [6.07, 6.45) is 0. The van der Waals surface area contributed by atoms with Crippen LogP contribution in [0.25, 0.3) is 10.4 Å². The van der Waals surface area contributed by atoms with E-state index < -0.39 is 0 Å². The van der Waals surface area contributed by atoms with Gasteiger partial charge in [-0.05, 0) is 33.1 Å². The number of nitrogens with zero attached hydrogens (tertiary/aromatic N) is 3. The fourth-order valence-corrected chi connectivity index (χ4v) is 1.50. The van der Waals surface area contributed by atoms with Gasteiger partial charge in [0, 0.05) is 4.91 Å². The van der Waals surface area contributed by atoms with E-state index in [1.165, 1.54) is 0 Å². The first-order valence-electron chi connectivity index (χ1n) is 3.62. The first kappa shape index (κ1) is 9.89. The quantitative estimate of drug-likeness (QED) is 0.455. The molecule has 1 aromatic rings. The lowest BCUT2D eigenvalue weighted by molar-refractivity contribution is 0.411. The van der Waals surface area contributed by atoms with E-state index in [4.69, 9.17) is 10.3 Å². The summed E-state index contributed by atoms with van der Waals surface area (Å²) in [4.78, 5) is 2.69. The van der Waals surface area contributed by atoms with Crippen molar-refractivity contribution in [3.05, 3.63) is 38.7 Å². The lowest BCUT2D eigenvalue weighted by atomic mass is 10.2. The molecule has 0 amide bonds. The molecular weight excluding hydrogens is 234 g/mol. The minimum absolute atomic E-state index is 0.328. The van der Waals surface area contributed by atoms with E-state index in [0.29, 0.717) is 6.54 Å². The highest BCUT2D eigenvalue weighted by Gasteiger charge is 2.03. The third-order valence-electron chi connectivity index (χ3n) is 1.57. The zero-order chi connectivity index (χ0) is 9.68. The first-order valence-corrected chi connectivity index (χ1v) is 4.41. The van der Waals surface area contributed by atoms with Crippen LogP contribution < -0.4 is 4.74 Å². The highest BCUT2D eigenvalue weighted by Crippen LogP contribution is 2.28. The van der Waals surface area contributed by atoms with E-state index in [1.54, 1.807) is 7.11 Å². The SMILES string of the molecule is COc1cccc(CN=[N+]=[N-])c1Br.